The van der Waals surface area contributed by atoms with Gasteiger partial charge < -0.3 is 25.2 Å². The van der Waals surface area contributed by atoms with E-state index in [-0.39, 0.29) is 10.7 Å². The normalized spacial score (nSPS) is 18.7. The van der Waals surface area contributed by atoms with Crippen molar-refractivity contribution in [3.05, 3.63) is 59.4 Å². The van der Waals surface area contributed by atoms with Gasteiger partial charge in [-0.15, -0.1) is 0 Å². The molecule has 5 heterocycles. The molecule has 230 valence electrons. The molecule has 15 heteroatoms. The standard InChI is InChI=1S/C28H33F3N8O3S/c29-28(30,31)23-2-1-9-33-26(23)37-12-7-22-24(8-13-37)35-27(38-16-18-42-19-17-38)36-25(22)34-20-3-5-21(6-4-20)43(40,41)39-14-10-32-11-15-39/h1-6,9,32H,7-8,10-19H2,(H,34,35,36). The van der Waals surface area contributed by atoms with Crippen molar-refractivity contribution in [1.82, 2.24) is 24.6 Å². The summed E-state index contributed by atoms with van der Waals surface area (Å²) in [5.74, 6) is 0.966. The highest BCUT2D eigenvalue weighted by Crippen LogP contribution is 2.36. The summed E-state index contributed by atoms with van der Waals surface area (Å²) in [5.41, 5.74) is 1.43. The zero-order chi connectivity index (χ0) is 30.0. The van der Waals surface area contributed by atoms with Gasteiger partial charge in [0.2, 0.25) is 16.0 Å². The average molecular weight is 619 g/mol. The minimum atomic E-state index is -4.52. The number of nitrogens with zero attached hydrogens (tertiary/aromatic N) is 6. The third-order valence-electron chi connectivity index (χ3n) is 7.85. The van der Waals surface area contributed by atoms with Crippen LogP contribution in [0.1, 0.15) is 16.8 Å². The van der Waals surface area contributed by atoms with Crippen molar-refractivity contribution in [3.8, 4) is 0 Å². The Balaban J connectivity index is 1.29. The van der Waals surface area contributed by atoms with Crippen LogP contribution in [0.3, 0.4) is 0 Å². The molecule has 6 rings (SSSR count). The number of ether oxygens (including phenoxy) is 1. The number of anilines is 4. The Kier molecular flexibility index (Phi) is 8.40. The van der Waals surface area contributed by atoms with Crippen LogP contribution in [0, 0.1) is 0 Å². The molecule has 0 bridgehead atoms. The number of aromatic nitrogens is 3. The second-order valence-corrected chi connectivity index (χ2v) is 12.5. The van der Waals surface area contributed by atoms with E-state index in [9.17, 15) is 21.6 Å². The molecule has 3 aromatic rings. The number of halogens is 3. The number of fused-ring (bicyclic) bond motifs is 1. The SMILES string of the molecule is O=S(=O)(c1ccc(Nc2nc(N3CCOCC3)nc3c2CCN(c2ncccc2C(F)(F)F)CC3)cc1)N1CCNCC1. The van der Waals surface area contributed by atoms with Gasteiger partial charge in [0.25, 0.3) is 0 Å². The van der Waals surface area contributed by atoms with Gasteiger partial charge in [-0.3, -0.25) is 0 Å². The molecule has 0 aliphatic carbocycles. The topological polar surface area (TPSA) is 116 Å². The van der Waals surface area contributed by atoms with Crippen molar-refractivity contribution < 1.29 is 26.3 Å². The predicted octanol–water partition coefficient (Wildman–Crippen LogP) is 2.67. The van der Waals surface area contributed by atoms with E-state index < -0.39 is 21.8 Å². The van der Waals surface area contributed by atoms with E-state index in [2.05, 4.69) is 15.6 Å². The van der Waals surface area contributed by atoms with Crippen LogP contribution in [0.25, 0.3) is 0 Å². The largest absolute Gasteiger partial charge is 0.419 e. The van der Waals surface area contributed by atoms with Crippen LogP contribution < -0.4 is 20.4 Å². The summed E-state index contributed by atoms with van der Waals surface area (Å²) < 4.78 is 74.5. The third kappa shape index (κ3) is 6.39. The van der Waals surface area contributed by atoms with Gasteiger partial charge in [0.05, 0.1) is 29.4 Å². The first-order valence-corrected chi connectivity index (χ1v) is 15.7. The minimum absolute atomic E-state index is 0.0973. The number of piperazine rings is 1. The Bertz CT molecular complexity index is 1540. The van der Waals surface area contributed by atoms with Crippen LogP contribution in [-0.4, -0.2) is 93.2 Å². The first-order valence-electron chi connectivity index (χ1n) is 14.3. The zero-order valence-corrected chi connectivity index (χ0v) is 24.3. The first kappa shape index (κ1) is 29.5. The van der Waals surface area contributed by atoms with Crippen molar-refractivity contribution in [2.24, 2.45) is 0 Å². The van der Waals surface area contributed by atoms with E-state index in [4.69, 9.17) is 14.7 Å². The maximum atomic E-state index is 13.8. The number of sulfonamides is 1. The highest BCUT2D eigenvalue weighted by Gasteiger charge is 2.36. The van der Waals surface area contributed by atoms with Crippen LogP contribution in [0.2, 0.25) is 0 Å². The molecule has 0 atom stereocenters. The van der Waals surface area contributed by atoms with Crippen molar-refractivity contribution >= 4 is 33.3 Å². The number of morpholine rings is 1. The maximum Gasteiger partial charge on any atom is 0.419 e. The molecular formula is C28H33F3N8O3S. The molecule has 0 radical (unpaired) electrons. The van der Waals surface area contributed by atoms with Crippen molar-refractivity contribution in [1.29, 1.82) is 0 Å². The average Bonchev–Trinajstić information content (AvgIpc) is 3.25. The molecule has 3 aliphatic heterocycles. The number of alkyl halides is 3. The van der Waals surface area contributed by atoms with E-state index >= 15 is 0 Å². The van der Waals surface area contributed by atoms with Crippen LogP contribution in [0.4, 0.5) is 36.4 Å². The molecule has 2 saturated heterocycles. The fourth-order valence-corrected chi connectivity index (χ4v) is 7.00. The van der Waals surface area contributed by atoms with Gasteiger partial charge in [0, 0.05) is 76.2 Å². The molecule has 0 spiro atoms. The van der Waals surface area contributed by atoms with Crippen molar-refractivity contribution in [2.75, 3.05) is 80.7 Å². The van der Waals surface area contributed by atoms with E-state index in [1.165, 1.54) is 16.6 Å². The van der Waals surface area contributed by atoms with Gasteiger partial charge in [-0.05, 0) is 42.8 Å². The van der Waals surface area contributed by atoms with Crippen LogP contribution in [-0.2, 0) is 33.8 Å². The molecule has 2 N–H and O–H groups in total. The fourth-order valence-electron chi connectivity index (χ4n) is 5.56. The lowest BCUT2D eigenvalue weighted by molar-refractivity contribution is -0.137. The number of hydrogen-bond acceptors (Lipinski definition) is 10. The maximum absolute atomic E-state index is 13.8. The Labute approximate surface area is 248 Å². The number of benzene rings is 1. The molecule has 43 heavy (non-hydrogen) atoms. The summed E-state index contributed by atoms with van der Waals surface area (Å²) in [6.07, 6.45) is -2.36. The number of hydrogen-bond donors (Lipinski definition) is 2. The van der Waals surface area contributed by atoms with E-state index in [0.29, 0.717) is 95.9 Å². The van der Waals surface area contributed by atoms with Crippen LogP contribution >= 0.6 is 0 Å². The number of nitrogens with one attached hydrogen (secondary N) is 2. The summed E-state index contributed by atoms with van der Waals surface area (Å²) in [6, 6.07) is 8.89. The van der Waals surface area contributed by atoms with Gasteiger partial charge in [0.15, 0.2) is 0 Å². The van der Waals surface area contributed by atoms with Crippen LogP contribution in [0.5, 0.6) is 0 Å². The molecule has 1 aromatic carbocycles. The second-order valence-electron chi connectivity index (χ2n) is 10.6. The Hall–Kier alpha value is -3.53. The van der Waals surface area contributed by atoms with E-state index in [1.807, 2.05) is 4.90 Å². The minimum Gasteiger partial charge on any atom is -0.378 e. The van der Waals surface area contributed by atoms with Gasteiger partial charge in [-0.2, -0.15) is 22.5 Å². The van der Waals surface area contributed by atoms with E-state index in [0.717, 1.165) is 17.3 Å². The number of rotatable bonds is 6. The lowest BCUT2D eigenvalue weighted by Gasteiger charge is -2.28. The van der Waals surface area contributed by atoms with E-state index in [1.54, 1.807) is 29.2 Å². The van der Waals surface area contributed by atoms with Gasteiger partial charge in [0.1, 0.15) is 11.6 Å². The number of pyridine rings is 1. The summed E-state index contributed by atoms with van der Waals surface area (Å²) >= 11 is 0. The Morgan fingerprint density at radius 2 is 1.60 bits per heavy atom. The lowest BCUT2D eigenvalue weighted by atomic mass is 10.1. The summed E-state index contributed by atoms with van der Waals surface area (Å²) in [6.45, 7) is 4.97. The van der Waals surface area contributed by atoms with Crippen LogP contribution in [0.15, 0.2) is 47.5 Å². The molecule has 0 amide bonds. The second kappa shape index (κ2) is 12.2. The lowest BCUT2D eigenvalue weighted by Crippen LogP contribution is -2.46. The monoisotopic (exact) mass is 618 g/mol. The van der Waals surface area contributed by atoms with Gasteiger partial charge in [-0.1, -0.05) is 0 Å². The first-order chi connectivity index (χ1) is 20.7. The predicted molar refractivity (Wildman–Crippen MR) is 155 cm³/mol. The molecule has 2 fully saturated rings. The summed E-state index contributed by atoms with van der Waals surface area (Å²) in [4.78, 5) is 17.7. The molecule has 11 nitrogen and oxygen atoms in total. The zero-order valence-electron chi connectivity index (χ0n) is 23.5. The molecule has 0 unspecified atom stereocenters. The third-order valence-corrected chi connectivity index (χ3v) is 9.76. The summed E-state index contributed by atoms with van der Waals surface area (Å²) in [5, 5.41) is 6.50. The Morgan fingerprint density at radius 1 is 0.884 bits per heavy atom. The van der Waals surface area contributed by atoms with Gasteiger partial charge in [-0.25, -0.2) is 18.4 Å². The quantitative estimate of drug-likeness (QED) is 0.427. The van der Waals surface area contributed by atoms with Crippen molar-refractivity contribution in [2.45, 2.75) is 23.9 Å². The smallest absolute Gasteiger partial charge is 0.378 e. The summed E-state index contributed by atoms with van der Waals surface area (Å²) in [7, 11) is -3.61. The molecule has 2 aromatic heterocycles. The fraction of sp³-hybridized carbons (Fsp3) is 0.464. The molecule has 0 saturated carbocycles. The Morgan fingerprint density at radius 3 is 2.33 bits per heavy atom. The highest BCUT2D eigenvalue weighted by molar-refractivity contribution is 7.89. The van der Waals surface area contributed by atoms with Crippen molar-refractivity contribution in [3.63, 3.8) is 0 Å². The molecule has 3 aliphatic rings. The highest BCUT2D eigenvalue weighted by atomic mass is 32.2. The molecular weight excluding hydrogens is 585 g/mol. The van der Waals surface area contributed by atoms with Gasteiger partial charge >= 0.3 is 6.18 Å².